The molecule has 1 heterocycles. The standard InChI is InChI=1S/C15H13ClN4O3/c1-19-15(22)20(18-17-19)13-5-3-2-4-10(13)9-23-14-7-6-11(21)8-12(14)16/h2-8,21H,9H2,1H3. The van der Waals surface area contributed by atoms with Gasteiger partial charge in [-0.1, -0.05) is 29.8 Å². The highest BCUT2D eigenvalue weighted by Gasteiger charge is 2.11. The Morgan fingerprint density at radius 3 is 2.70 bits per heavy atom. The van der Waals surface area contributed by atoms with E-state index in [0.29, 0.717) is 16.5 Å². The molecule has 3 rings (SSSR count). The summed E-state index contributed by atoms with van der Waals surface area (Å²) in [4.78, 5) is 12.0. The van der Waals surface area contributed by atoms with E-state index in [-0.39, 0.29) is 18.0 Å². The van der Waals surface area contributed by atoms with Gasteiger partial charge in [0.15, 0.2) is 0 Å². The second kappa shape index (κ2) is 6.13. The smallest absolute Gasteiger partial charge is 0.368 e. The maximum Gasteiger partial charge on any atom is 0.368 e. The number of tetrazole rings is 1. The highest BCUT2D eigenvalue weighted by atomic mass is 35.5. The summed E-state index contributed by atoms with van der Waals surface area (Å²) in [6, 6.07) is 11.7. The summed E-state index contributed by atoms with van der Waals surface area (Å²) in [6.45, 7) is 0.184. The zero-order chi connectivity index (χ0) is 16.4. The average molecular weight is 333 g/mol. The highest BCUT2D eigenvalue weighted by molar-refractivity contribution is 6.32. The van der Waals surface area contributed by atoms with Crippen LogP contribution in [0.3, 0.4) is 0 Å². The maximum absolute atomic E-state index is 12.0. The van der Waals surface area contributed by atoms with E-state index in [0.717, 1.165) is 10.2 Å². The zero-order valence-corrected chi connectivity index (χ0v) is 12.9. The van der Waals surface area contributed by atoms with Gasteiger partial charge in [-0.3, -0.25) is 0 Å². The fourth-order valence-corrected chi connectivity index (χ4v) is 2.30. The van der Waals surface area contributed by atoms with Crippen molar-refractivity contribution in [1.29, 1.82) is 0 Å². The van der Waals surface area contributed by atoms with Gasteiger partial charge in [-0.05, 0) is 28.6 Å². The van der Waals surface area contributed by atoms with Crippen LogP contribution in [-0.2, 0) is 13.7 Å². The highest BCUT2D eigenvalue weighted by Crippen LogP contribution is 2.29. The monoisotopic (exact) mass is 332 g/mol. The van der Waals surface area contributed by atoms with Crippen LogP contribution < -0.4 is 10.4 Å². The van der Waals surface area contributed by atoms with E-state index in [1.807, 2.05) is 12.1 Å². The molecule has 0 fully saturated rings. The molecule has 3 aromatic rings. The minimum Gasteiger partial charge on any atom is -0.508 e. The van der Waals surface area contributed by atoms with Gasteiger partial charge in [0.05, 0.1) is 10.7 Å². The first-order valence-corrected chi connectivity index (χ1v) is 7.12. The molecule has 0 aliphatic heterocycles. The van der Waals surface area contributed by atoms with Crippen LogP contribution in [-0.4, -0.2) is 24.9 Å². The number of aryl methyl sites for hydroxylation is 1. The topological polar surface area (TPSA) is 82.2 Å². The molecule has 0 saturated heterocycles. The van der Waals surface area contributed by atoms with Crippen molar-refractivity contribution >= 4 is 11.6 Å². The van der Waals surface area contributed by atoms with E-state index in [1.165, 1.54) is 23.9 Å². The summed E-state index contributed by atoms with van der Waals surface area (Å²) in [5, 5.41) is 17.2. The van der Waals surface area contributed by atoms with Crippen LogP contribution in [0.4, 0.5) is 0 Å². The summed E-state index contributed by atoms with van der Waals surface area (Å²) in [5.74, 6) is 0.500. The summed E-state index contributed by atoms with van der Waals surface area (Å²) < 4.78 is 8.03. The number of nitrogens with zero attached hydrogens (tertiary/aromatic N) is 4. The number of benzene rings is 2. The second-order valence-electron chi connectivity index (χ2n) is 4.83. The number of halogens is 1. The Kier molecular flexibility index (Phi) is 4.03. The fourth-order valence-electron chi connectivity index (χ4n) is 2.07. The van der Waals surface area contributed by atoms with E-state index in [2.05, 4.69) is 10.4 Å². The number of phenolic OH excluding ortho intramolecular Hbond substituents is 1. The summed E-state index contributed by atoms with van der Waals surface area (Å²) in [5.41, 5.74) is 0.986. The van der Waals surface area contributed by atoms with Gasteiger partial charge in [-0.2, -0.15) is 9.36 Å². The molecule has 0 radical (unpaired) electrons. The van der Waals surface area contributed by atoms with Gasteiger partial charge in [0.25, 0.3) is 0 Å². The minimum atomic E-state index is -0.347. The average Bonchev–Trinajstić information content (AvgIpc) is 2.86. The lowest BCUT2D eigenvalue weighted by Gasteiger charge is -2.11. The molecule has 23 heavy (non-hydrogen) atoms. The van der Waals surface area contributed by atoms with Crippen LogP contribution in [0.1, 0.15) is 5.56 Å². The Hall–Kier alpha value is -2.80. The van der Waals surface area contributed by atoms with Crippen LogP contribution in [0.15, 0.2) is 47.3 Å². The van der Waals surface area contributed by atoms with Crippen LogP contribution in [0, 0.1) is 0 Å². The largest absolute Gasteiger partial charge is 0.508 e. The number of ether oxygens (including phenoxy) is 1. The lowest BCUT2D eigenvalue weighted by Crippen LogP contribution is -2.23. The number of rotatable bonds is 4. The van der Waals surface area contributed by atoms with Crippen LogP contribution in [0.5, 0.6) is 11.5 Å². The van der Waals surface area contributed by atoms with Crippen LogP contribution in [0.25, 0.3) is 5.69 Å². The molecule has 0 aliphatic carbocycles. The zero-order valence-electron chi connectivity index (χ0n) is 12.2. The number of hydrogen-bond donors (Lipinski definition) is 1. The number of phenols is 1. The molecule has 0 aliphatic rings. The summed E-state index contributed by atoms with van der Waals surface area (Å²) >= 11 is 6.02. The Bertz CT molecular complexity index is 904. The molecule has 8 heteroatoms. The van der Waals surface area contributed by atoms with Crippen molar-refractivity contribution < 1.29 is 9.84 Å². The molecule has 0 amide bonds. The Balaban J connectivity index is 1.89. The lowest BCUT2D eigenvalue weighted by atomic mass is 10.2. The van der Waals surface area contributed by atoms with E-state index in [9.17, 15) is 9.90 Å². The molecular weight excluding hydrogens is 320 g/mol. The van der Waals surface area contributed by atoms with Gasteiger partial charge in [0, 0.05) is 18.7 Å². The number of hydrogen-bond acceptors (Lipinski definition) is 5. The molecule has 0 bridgehead atoms. The third-order valence-electron chi connectivity index (χ3n) is 3.24. The van der Waals surface area contributed by atoms with Gasteiger partial charge in [-0.25, -0.2) is 4.79 Å². The third-order valence-corrected chi connectivity index (χ3v) is 3.54. The first-order chi connectivity index (χ1) is 11.1. The van der Waals surface area contributed by atoms with Crippen molar-refractivity contribution in [3.8, 4) is 17.2 Å². The van der Waals surface area contributed by atoms with Gasteiger partial charge >= 0.3 is 5.69 Å². The minimum absolute atomic E-state index is 0.0638. The van der Waals surface area contributed by atoms with Crippen molar-refractivity contribution in [1.82, 2.24) is 19.8 Å². The van der Waals surface area contributed by atoms with Crippen molar-refractivity contribution in [3.63, 3.8) is 0 Å². The van der Waals surface area contributed by atoms with Crippen molar-refractivity contribution in [2.45, 2.75) is 6.61 Å². The molecule has 0 atom stereocenters. The molecule has 7 nitrogen and oxygen atoms in total. The van der Waals surface area contributed by atoms with Gasteiger partial charge in [-0.15, -0.1) is 0 Å². The van der Waals surface area contributed by atoms with Crippen molar-refractivity contribution in [2.75, 3.05) is 0 Å². The van der Waals surface area contributed by atoms with Crippen LogP contribution >= 0.6 is 11.6 Å². The Labute approximate surface area is 136 Å². The third kappa shape index (κ3) is 3.04. The maximum atomic E-state index is 12.0. The molecule has 0 spiro atoms. The number of aromatic hydroxyl groups is 1. The molecule has 0 saturated carbocycles. The van der Waals surface area contributed by atoms with E-state index in [1.54, 1.807) is 18.2 Å². The second-order valence-corrected chi connectivity index (χ2v) is 5.24. The summed E-state index contributed by atoms with van der Waals surface area (Å²) in [7, 11) is 1.53. The predicted octanol–water partition coefficient (Wildman–Crippen LogP) is 1.90. The van der Waals surface area contributed by atoms with Gasteiger partial charge in [0.1, 0.15) is 18.1 Å². The van der Waals surface area contributed by atoms with Crippen molar-refractivity contribution in [2.24, 2.45) is 7.05 Å². The molecule has 2 aromatic carbocycles. The quantitative estimate of drug-likeness (QED) is 0.789. The Morgan fingerprint density at radius 1 is 1.22 bits per heavy atom. The van der Waals surface area contributed by atoms with E-state index in [4.69, 9.17) is 16.3 Å². The van der Waals surface area contributed by atoms with E-state index < -0.39 is 0 Å². The van der Waals surface area contributed by atoms with Crippen LogP contribution in [0.2, 0.25) is 5.02 Å². The first kappa shape index (κ1) is 15.1. The first-order valence-electron chi connectivity index (χ1n) is 6.75. The van der Waals surface area contributed by atoms with Gasteiger partial charge < -0.3 is 9.84 Å². The Morgan fingerprint density at radius 2 is 2.00 bits per heavy atom. The molecule has 1 N–H and O–H groups in total. The SMILES string of the molecule is Cn1nnn(-c2ccccc2COc2ccc(O)cc2Cl)c1=O. The molecule has 1 aromatic heterocycles. The predicted molar refractivity (Wildman–Crippen MR) is 84.0 cm³/mol. The molecule has 118 valence electrons. The van der Waals surface area contributed by atoms with Gasteiger partial charge in [0.2, 0.25) is 0 Å². The van der Waals surface area contributed by atoms with E-state index >= 15 is 0 Å². The molecule has 0 unspecified atom stereocenters. The molecular formula is C15H13ClN4O3. The number of para-hydroxylation sites is 1. The summed E-state index contributed by atoms with van der Waals surface area (Å²) in [6.07, 6.45) is 0. The number of aromatic nitrogens is 4. The lowest BCUT2D eigenvalue weighted by molar-refractivity contribution is 0.305. The normalized spacial score (nSPS) is 10.7. The fraction of sp³-hybridized carbons (Fsp3) is 0.133. The van der Waals surface area contributed by atoms with Crippen molar-refractivity contribution in [3.05, 3.63) is 63.5 Å².